The number of furan rings is 1. The second-order valence-electron chi connectivity index (χ2n) is 5.33. The molecule has 0 aliphatic heterocycles. The van der Waals surface area contributed by atoms with E-state index in [1.54, 1.807) is 35.3 Å². The number of aromatic carboxylic acids is 1. The fraction of sp³-hybridized carbons (Fsp3) is 0.0588. The van der Waals surface area contributed by atoms with Crippen LogP contribution in [0.5, 0.6) is 0 Å². The summed E-state index contributed by atoms with van der Waals surface area (Å²) in [7, 11) is 0. The van der Waals surface area contributed by atoms with Crippen molar-refractivity contribution in [3.8, 4) is 11.3 Å². The first-order valence-electron chi connectivity index (χ1n) is 7.51. The van der Waals surface area contributed by atoms with Gasteiger partial charge in [0.15, 0.2) is 5.65 Å². The summed E-state index contributed by atoms with van der Waals surface area (Å²) in [4.78, 5) is 15.4. The Balaban J connectivity index is 1.68. The number of aromatic nitrogens is 4. The SMILES string of the molecule is O=C(O)c1ccc(-c2ncc(NCc3ccco3)n3cnnc23)cc1. The quantitative estimate of drug-likeness (QED) is 0.577. The Hall–Kier alpha value is -3.68. The first kappa shape index (κ1) is 14.9. The third kappa shape index (κ3) is 2.80. The van der Waals surface area contributed by atoms with Gasteiger partial charge in [0.1, 0.15) is 23.6 Å². The zero-order chi connectivity index (χ0) is 17.2. The van der Waals surface area contributed by atoms with Gasteiger partial charge in [0.05, 0.1) is 24.6 Å². The molecule has 0 unspecified atom stereocenters. The molecule has 2 N–H and O–H groups in total. The average Bonchev–Trinajstić information content (AvgIpc) is 3.31. The van der Waals surface area contributed by atoms with Crippen molar-refractivity contribution in [3.05, 3.63) is 66.5 Å². The van der Waals surface area contributed by atoms with Gasteiger partial charge in [-0.3, -0.25) is 4.40 Å². The van der Waals surface area contributed by atoms with Crippen molar-refractivity contribution >= 4 is 17.4 Å². The molecule has 0 aliphatic carbocycles. The molecule has 0 bridgehead atoms. The predicted molar refractivity (Wildman–Crippen MR) is 89.2 cm³/mol. The zero-order valence-electron chi connectivity index (χ0n) is 13.0. The second kappa shape index (κ2) is 6.08. The number of hydrogen-bond acceptors (Lipinski definition) is 6. The number of carboxylic acids is 1. The molecule has 25 heavy (non-hydrogen) atoms. The number of carboxylic acid groups (broad SMARTS) is 1. The first-order valence-corrected chi connectivity index (χ1v) is 7.51. The molecular formula is C17H13N5O3. The fourth-order valence-electron chi connectivity index (χ4n) is 2.51. The minimum Gasteiger partial charge on any atom is -0.478 e. The Morgan fingerprint density at radius 2 is 2.08 bits per heavy atom. The summed E-state index contributed by atoms with van der Waals surface area (Å²) in [6.07, 6.45) is 4.89. The Morgan fingerprint density at radius 3 is 2.80 bits per heavy atom. The summed E-state index contributed by atoms with van der Waals surface area (Å²) in [6.45, 7) is 0.509. The maximum absolute atomic E-state index is 11.0. The lowest BCUT2D eigenvalue weighted by atomic mass is 10.1. The van der Waals surface area contributed by atoms with Gasteiger partial charge in [-0.1, -0.05) is 12.1 Å². The van der Waals surface area contributed by atoms with Crippen LogP contribution in [0.4, 0.5) is 5.82 Å². The lowest BCUT2D eigenvalue weighted by Crippen LogP contribution is -2.05. The molecule has 0 saturated carbocycles. The predicted octanol–water partition coefficient (Wildman–Crippen LogP) is 2.69. The number of rotatable bonds is 5. The Morgan fingerprint density at radius 1 is 1.24 bits per heavy atom. The molecule has 3 heterocycles. The van der Waals surface area contributed by atoms with E-state index in [1.165, 1.54) is 12.1 Å². The van der Waals surface area contributed by atoms with Crippen LogP contribution in [0.3, 0.4) is 0 Å². The van der Waals surface area contributed by atoms with Gasteiger partial charge in [-0.15, -0.1) is 10.2 Å². The van der Waals surface area contributed by atoms with E-state index in [4.69, 9.17) is 9.52 Å². The Bertz CT molecular complexity index is 1020. The molecule has 8 heteroatoms. The highest BCUT2D eigenvalue weighted by atomic mass is 16.4. The van der Waals surface area contributed by atoms with Crippen LogP contribution in [0.15, 0.2) is 59.6 Å². The number of anilines is 1. The zero-order valence-corrected chi connectivity index (χ0v) is 13.0. The number of nitrogens with zero attached hydrogens (tertiary/aromatic N) is 4. The molecule has 4 aromatic rings. The highest BCUT2D eigenvalue weighted by molar-refractivity contribution is 5.88. The lowest BCUT2D eigenvalue weighted by Gasteiger charge is -2.09. The van der Waals surface area contributed by atoms with Gasteiger partial charge < -0.3 is 14.8 Å². The van der Waals surface area contributed by atoms with Crippen molar-refractivity contribution < 1.29 is 14.3 Å². The molecule has 3 aromatic heterocycles. The fourth-order valence-corrected chi connectivity index (χ4v) is 2.51. The van der Waals surface area contributed by atoms with Crippen LogP contribution in [0.2, 0.25) is 0 Å². The van der Waals surface area contributed by atoms with Gasteiger partial charge in [0.2, 0.25) is 0 Å². The molecular weight excluding hydrogens is 322 g/mol. The molecule has 0 fully saturated rings. The minimum atomic E-state index is -0.968. The van der Waals surface area contributed by atoms with Crippen LogP contribution in [-0.4, -0.2) is 30.7 Å². The maximum Gasteiger partial charge on any atom is 0.335 e. The van der Waals surface area contributed by atoms with E-state index < -0.39 is 5.97 Å². The van der Waals surface area contributed by atoms with E-state index in [9.17, 15) is 4.79 Å². The number of carbonyl (C=O) groups is 1. The molecule has 0 atom stereocenters. The van der Waals surface area contributed by atoms with Crippen LogP contribution < -0.4 is 5.32 Å². The summed E-state index contributed by atoms with van der Waals surface area (Å²) in [5, 5.41) is 20.3. The summed E-state index contributed by atoms with van der Waals surface area (Å²) in [5.74, 6) is 0.557. The van der Waals surface area contributed by atoms with Crippen LogP contribution in [-0.2, 0) is 6.54 Å². The highest BCUT2D eigenvalue weighted by Gasteiger charge is 2.12. The smallest absolute Gasteiger partial charge is 0.335 e. The molecule has 1 aromatic carbocycles. The topological polar surface area (TPSA) is 106 Å². The van der Waals surface area contributed by atoms with E-state index in [0.29, 0.717) is 17.9 Å². The van der Waals surface area contributed by atoms with Gasteiger partial charge in [-0.25, -0.2) is 9.78 Å². The van der Waals surface area contributed by atoms with E-state index in [2.05, 4.69) is 20.5 Å². The monoisotopic (exact) mass is 335 g/mol. The minimum absolute atomic E-state index is 0.220. The van der Waals surface area contributed by atoms with Crippen LogP contribution >= 0.6 is 0 Å². The van der Waals surface area contributed by atoms with Crippen molar-refractivity contribution in [3.63, 3.8) is 0 Å². The maximum atomic E-state index is 11.0. The average molecular weight is 335 g/mol. The highest BCUT2D eigenvalue weighted by Crippen LogP contribution is 2.24. The molecule has 8 nitrogen and oxygen atoms in total. The van der Waals surface area contributed by atoms with Crippen LogP contribution in [0.1, 0.15) is 16.1 Å². The number of nitrogens with one attached hydrogen (secondary N) is 1. The molecule has 4 rings (SSSR count). The van der Waals surface area contributed by atoms with Crippen molar-refractivity contribution in [2.24, 2.45) is 0 Å². The van der Waals surface area contributed by atoms with Gasteiger partial charge in [0.25, 0.3) is 0 Å². The molecule has 0 radical (unpaired) electrons. The van der Waals surface area contributed by atoms with Crippen molar-refractivity contribution in [1.29, 1.82) is 0 Å². The normalized spacial score (nSPS) is 10.9. The van der Waals surface area contributed by atoms with Crippen molar-refractivity contribution in [2.45, 2.75) is 6.54 Å². The largest absolute Gasteiger partial charge is 0.478 e. The summed E-state index contributed by atoms with van der Waals surface area (Å²) < 4.78 is 7.09. The number of benzene rings is 1. The third-order valence-electron chi connectivity index (χ3n) is 3.76. The van der Waals surface area contributed by atoms with Crippen molar-refractivity contribution in [2.75, 3.05) is 5.32 Å². The van der Waals surface area contributed by atoms with E-state index >= 15 is 0 Å². The summed E-state index contributed by atoms with van der Waals surface area (Å²) in [5.41, 5.74) is 2.18. The number of fused-ring (bicyclic) bond motifs is 1. The van der Waals surface area contributed by atoms with Gasteiger partial charge in [-0.05, 0) is 24.3 Å². The molecule has 0 aliphatic rings. The summed E-state index contributed by atoms with van der Waals surface area (Å²) >= 11 is 0. The van der Waals surface area contributed by atoms with Crippen LogP contribution in [0, 0.1) is 0 Å². The third-order valence-corrected chi connectivity index (χ3v) is 3.76. The van der Waals surface area contributed by atoms with E-state index in [-0.39, 0.29) is 5.56 Å². The Kier molecular flexibility index (Phi) is 3.62. The standard InChI is InChI=1S/C17H13N5O3/c23-17(24)12-5-3-11(4-6-12)15-16-21-20-10-22(16)14(9-19-15)18-8-13-2-1-7-25-13/h1-7,9-10,18H,8H2,(H,23,24). The lowest BCUT2D eigenvalue weighted by molar-refractivity contribution is 0.0697. The molecule has 0 saturated heterocycles. The van der Waals surface area contributed by atoms with E-state index in [0.717, 1.165) is 17.1 Å². The van der Waals surface area contributed by atoms with Gasteiger partial charge in [0, 0.05) is 5.56 Å². The first-order chi connectivity index (χ1) is 12.2. The summed E-state index contributed by atoms with van der Waals surface area (Å²) in [6, 6.07) is 10.2. The van der Waals surface area contributed by atoms with Crippen molar-refractivity contribution in [1.82, 2.24) is 19.6 Å². The Labute approximate surface area is 141 Å². The second-order valence-corrected chi connectivity index (χ2v) is 5.33. The number of hydrogen-bond donors (Lipinski definition) is 2. The van der Waals surface area contributed by atoms with Crippen LogP contribution in [0.25, 0.3) is 16.9 Å². The molecule has 0 spiro atoms. The van der Waals surface area contributed by atoms with Gasteiger partial charge in [-0.2, -0.15) is 0 Å². The molecule has 0 amide bonds. The van der Waals surface area contributed by atoms with Gasteiger partial charge >= 0.3 is 5.97 Å². The molecule has 124 valence electrons. The van der Waals surface area contributed by atoms with E-state index in [1.807, 2.05) is 12.1 Å².